The minimum atomic E-state index is -5.12. The average molecular weight is 269 g/mol. The van der Waals surface area contributed by atoms with Crippen LogP contribution in [-0.4, -0.2) is 24.4 Å². The van der Waals surface area contributed by atoms with Crippen molar-refractivity contribution in [3.05, 3.63) is 27.5 Å². The van der Waals surface area contributed by atoms with E-state index in [0.29, 0.717) is 6.07 Å². The molecule has 0 amide bonds. The zero-order valence-corrected chi connectivity index (χ0v) is 8.93. The van der Waals surface area contributed by atoms with Crippen molar-refractivity contribution in [2.24, 2.45) is 0 Å². The first-order chi connectivity index (χ1) is 8.28. The first-order valence-electron chi connectivity index (χ1n) is 4.44. The second kappa shape index (κ2) is 5.07. The summed E-state index contributed by atoms with van der Waals surface area (Å²) in [6.45, 7) is -1.44. The number of carbonyl (C=O) groups excluding carboxylic acids is 1. The van der Waals surface area contributed by atoms with E-state index in [-0.39, 0.29) is 0 Å². The number of hydrogen-bond acceptors (Lipinski definition) is 4. The Kier molecular flexibility index (Phi) is 3.94. The number of esters is 1. The van der Waals surface area contributed by atoms with Gasteiger partial charge in [-0.2, -0.15) is 0 Å². The van der Waals surface area contributed by atoms with Crippen LogP contribution >= 0.6 is 0 Å². The summed E-state index contributed by atoms with van der Waals surface area (Å²) < 4.78 is 56.4. The van der Waals surface area contributed by atoms with Gasteiger partial charge in [0.25, 0.3) is 5.56 Å². The minimum absolute atomic E-state index is 0.622. The molecular weight excluding hydrogens is 262 g/mol. The summed E-state index contributed by atoms with van der Waals surface area (Å²) in [6.07, 6.45) is -5.12. The molecule has 0 unspecified atom stereocenters. The van der Waals surface area contributed by atoms with E-state index in [1.807, 2.05) is 0 Å². The van der Waals surface area contributed by atoms with Crippen LogP contribution in [0.1, 0.15) is 15.9 Å². The van der Waals surface area contributed by atoms with Gasteiger partial charge in [-0.15, -0.1) is 13.2 Å². The van der Waals surface area contributed by atoms with Crippen LogP contribution in [0.15, 0.2) is 10.9 Å². The van der Waals surface area contributed by atoms with E-state index < -0.39 is 41.6 Å². The minimum Gasteiger partial charge on any atom is -0.465 e. The summed E-state index contributed by atoms with van der Waals surface area (Å²) in [5, 5.41) is 0. The number of H-pyrrole nitrogens is 1. The van der Waals surface area contributed by atoms with Gasteiger partial charge in [0.05, 0.1) is 18.2 Å². The van der Waals surface area contributed by atoms with E-state index in [4.69, 9.17) is 0 Å². The average Bonchev–Trinajstić information content (AvgIpc) is 2.25. The van der Waals surface area contributed by atoms with Crippen LogP contribution in [-0.2, 0) is 11.4 Å². The second-order valence-corrected chi connectivity index (χ2v) is 3.03. The lowest BCUT2D eigenvalue weighted by Gasteiger charge is -2.13. The number of rotatable bonds is 3. The molecule has 1 N–H and O–H groups in total. The molecule has 18 heavy (non-hydrogen) atoms. The standard InChI is InChI=1S/C9H7F4NO4/c1-17-8(16)4-2-6(15)14-7(5(4)3-10)18-9(11,12)13/h2H,3H2,1H3,(H,14,15). The molecule has 0 spiro atoms. The van der Waals surface area contributed by atoms with Gasteiger partial charge in [-0.25, -0.2) is 9.18 Å². The number of hydrogen-bond donors (Lipinski definition) is 1. The largest absolute Gasteiger partial charge is 0.574 e. The molecule has 0 aliphatic heterocycles. The highest BCUT2D eigenvalue weighted by Gasteiger charge is 2.34. The fourth-order valence-corrected chi connectivity index (χ4v) is 1.19. The molecule has 1 rings (SSSR count). The molecule has 1 heterocycles. The van der Waals surface area contributed by atoms with Crippen LogP contribution < -0.4 is 10.3 Å². The third kappa shape index (κ3) is 3.22. The highest BCUT2D eigenvalue weighted by atomic mass is 19.4. The Balaban J connectivity index is 3.38. The lowest BCUT2D eigenvalue weighted by Crippen LogP contribution is -2.23. The third-order valence-electron chi connectivity index (χ3n) is 1.87. The summed E-state index contributed by atoms with van der Waals surface area (Å²) in [6, 6.07) is 0.629. The van der Waals surface area contributed by atoms with Gasteiger partial charge in [0, 0.05) is 6.07 Å². The first kappa shape index (κ1) is 14.0. The van der Waals surface area contributed by atoms with Crippen molar-refractivity contribution in [3.63, 3.8) is 0 Å². The predicted octanol–water partition coefficient (Wildman–Crippen LogP) is 1.53. The smallest absolute Gasteiger partial charge is 0.465 e. The van der Waals surface area contributed by atoms with Crippen LogP contribution in [0.5, 0.6) is 5.88 Å². The number of carbonyl (C=O) groups is 1. The van der Waals surface area contributed by atoms with Crippen molar-refractivity contribution in [2.75, 3.05) is 7.11 Å². The molecule has 100 valence electrons. The van der Waals surface area contributed by atoms with Crippen LogP contribution in [0.3, 0.4) is 0 Å². The van der Waals surface area contributed by atoms with E-state index in [0.717, 1.165) is 7.11 Å². The Morgan fingerprint density at radius 1 is 1.44 bits per heavy atom. The highest BCUT2D eigenvalue weighted by molar-refractivity contribution is 5.91. The second-order valence-electron chi connectivity index (χ2n) is 3.03. The Morgan fingerprint density at radius 2 is 2.06 bits per heavy atom. The Morgan fingerprint density at radius 3 is 2.50 bits per heavy atom. The van der Waals surface area contributed by atoms with Gasteiger partial charge in [0.15, 0.2) is 0 Å². The van der Waals surface area contributed by atoms with E-state index in [1.165, 1.54) is 0 Å². The molecule has 0 saturated heterocycles. The molecule has 0 aliphatic carbocycles. The van der Waals surface area contributed by atoms with Crippen molar-refractivity contribution in [1.29, 1.82) is 0 Å². The third-order valence-corrected chi connectivity index (χ3v) is 1.87. The molecule has 0 bridgehead atoms. The quantitative estimate of drug-likeness (QED) is 0.667. The predicted molar refractivity (Wildman–Crippen MR) is 49.9 cm³/mol. The van der Waals surface area contributed by atoms with Gasteiger partial charge in [-0.05, 0) is 0 Å². The number of nitrogens with one attached hydrogen (secondary N) is 1. The molecule has 1 aromatic heterocycles. The van der Waals surface area contributed by atoms with Gasteiger partial charge in [0.1, 0.15) is 6.67 Å². The number of aromatic nitrogens is 1. The summed E-state index contributed by atoms with van der Waals surface area (Å²) >= 11 is 0. The van der Waals surface area contributed by atoms with Crippen LogP contribution in [0.2, 0.25) is 0 Å². The van der Waals surface area contributed by atoms with Crippen LogP contribution in [0.4, 0.5) is 17.6 Å². The number of ether oxygens (including phenoxy) is 2. The zero-order chi connectivity index (χ0) is 13.9. The molecule has 5 nitrogen and oxygen atoms in total. The number of alkyl halides is 4. The van der Waals surface area contributed by atoms with Crippen molar-refractivity contribution < 1.29 is 31.8 Å². The van der Waals surface area contributed by atoms with Gasteiger partial charge in [-0.1, -0.05) is 0 Å². The molecule has 9 heteroatoms. The lowest BCUT2D eigenvalue weighted by molar-refractivity contribution is -0.276. The molecule has 0 aliphatic rings. The molecule has 0 aromatic carbocycles. The molecule has 0 saturated carbocycles. The van der Waals surface area contributed by atoms with Gasteiger partial charge in [0.2, 0.25) is 5.88 Å². The van der Waals surface area contributed by atoms with Gasteiger partial charge >= 0.3 is 12.3 Å². The maximum atomic E-state index is 12.7. The topological polar surface area (TPSA) is 68.4 Å². The maximum Gasteiger partial charge on any atom is 0.574 e. The van der Waals surface area contributed by atoms with Crippen molar-refractivity contribution in [1.82, 2.24) is 4.98 Å². The molecule has 0 radical (unpaired) electrons. The summed E-state index contributed by atoms with van der Waals surface area (Å²) in [5.41, 5.74) is -2.41. The highest BCUT2D eigenvalue weighted by Crippen LogP contribution is 2.26. The lowest BCUT2D eigenvalue weighted by atomic mass is 10.1. The van der Waals surface area contributed by atoms with Crippen molar-refractivity contribution >= 4 is 5.97 Å². The summed E-state index contributed by atoms with van der Waals surface area (Å²) in [7, 11) is 0.940. The van der Waals surface area contributed by atoms with E-state index >= 15 is 0 Å². The first-order valence-corrected chi connectivity index (χ1v) is 4.44. The van der Waals surface area contributed by atoms with E-state index in [9.17, 15) is 27.2 Å². The Labute approximate surface area is 97.3 Å². The zero-order valence-electron chi connectivity index (χ0n) is 8.93. The number of methoxy groups -OCH3 is 1. The summed E-state index contributed by atoms with van der Waals surface area (Å²) in [5.74, 6) is -2.31. The van der Waals surface area contributed by atoms with Crippen LogP contribution in [0, 0.1) is 0 Å². The molecule has 0 atom stereocenters. The Bertz CT molecular complexity index is 508. The number of pyridine rings is 1. The van der Waals surface area contributed by atoms with E-state index in [1.54, 1.807) is 4.98 Å². The maximum absolute atomic E-state index is 12.7. The molecule has 0 fully saturated rings. The SMILES string of the molecule is COC(=O)c1cc(=O)[nH]c(OC(F)(F)F)c1CF. The number of aromatic amines is 1. The van der Waals surface area contributed by atoms with Crippen molar-refractivity contribution in [3.8, 4) is 5.88 Å². The fourth-order valence-electron chi connectivity index (χ4n) is 1.19. The van der Waals surface area contributed by atoms with Gasteiger partial charge in [-0.3, -0.25) is 9.78 Å². The fraction of sp³-hybridized carbons (Fsp3) is 0.333. The number of halogens is 4. The van der Waals surface area contributed by atoms with Crippen molar-refractivity contribution in [2.45, 2.75) is 13.0 Å². The molecule has 1 aromatic rings. The normalized spacial score (nSPS) is 11.2. The Hall–Kier alpha value is -2.06. The van der Waals surface area contributed by atoms with Crippen LogP contribution in [0.25, 0.3) is 0 Å². The monoisotopic (exact) mass is 269 g/mol. The molecular formula is C9H7F4NO4. The van der Waals surface area contributed by atoms with E-state index in [2.05, 4.69) is 9.47 Å². The van der Waals surface area contributed by atoms with Gasteiger partial charge < -0.3 is 9.47 Å². The summed E-state index contributed by atoms with van der Waals surface area (Å²) in [4.78, 5) is 23.9.